The fourth-order valence-corrected chi connectivity index (χ4v) is 2.38. The van der Waals surface area contributed by atoms with Gasteiger partial charge >= 0.3 is 0 Å². The molecule has 0 saturated carbocycles. The van der Waals surface area contributed by atoms with Gasteiger partial charge in [0.05, 0.1) is 6.61 Å². The molecule has 21 heavy (non-hydrogen) atoms. The van der Waals surface area contributed by atoms with E-state index in [0.717, 1.165) is 18.7 Å². The lowest BCUT2D eigenvalue weighted by Gasteiger charge is -2.18. The van der Waals surface area contributed by atoms with Gasteiger partial charge in [-0.3, -0.25) is 4.98 Å². The molecule has 1 unspecified atom stereocenters. The van der Waals surface area contributed by atoms with Crippen molar-refractivity contribution in [2.24, 2.45) is 0 Å². The minimum atomic E-state index is 0.297. The maximum atomic E-state index is 6.00. The highest BCUT2D eigenvalue weighted by atomic mass is 16.5. The highest BCUT2D eigenvalue weighted by Crippen LogP contribution is 2.26. The molecule has 0 aliphatic heterocycles. The number of hydrogen-bond donors (Lipinski definition) is 1. The van der Waals surface area contributed by atoms with E-state index < -0.39 is 0 Å². The van der Waals surface area contributed by atoms with Gasteiger partial charge in [-0.05, 0) is 44.2 Å². The Labute approximate surface area is 127 Å². The number of ether oxygens (including phenoxy) is 1. The van der Waals surface area contributed by atoms with Gasteiger partial charge in [0.25, 0.3) is 0 Å². The van der Waals surface area contributed by atoms with Crippen LogP contribution in [0.25, 0.3) is 0 Å². The summed E-state index contributed by atoms with van der Waals surface area (Å²) in [6.07, 6.45) is 4.53. The largest absolute Gasteiger partial charge is 0.493 e. The second-order valence-electron chi connectivity index (χ2n) is 5.27. The number of benzene rings is 1. The third-order valence-corrected chi connectivity index (χ3v) is 3.54. The molecule has 3 heteroatoms. The molecule has 0 radical (unpaired) electrons. The third-order valence-electron chi connectivity index (χ3n) is 3.54. The Kier molecular flexibility index (Phi) is 5.76. The van der Waals surface area contributed by atoms with Crippen molar-refractivity contribution >= 4 is 0 Å². The minimum absolute atomic E-state index is 0.297. The Morgan fingerprint density at radius 2 is 1.95 bits per heavy atom. The second kappa shape index (κ2) is 7.79. The predicted octanol–water partition coefficient (Wildman–Crippen LogP) is 3.68. The number of nitrogens with one attached hydrogen (secondary N) is 1. The monoisotopic (exact) mass is 284 g/mol. The molecule has 1 aromatic carbocycles. The highest BCUT2D eigenvalue weighted by Gasteiger charge is 2.11. The molecule has 0 aliphatic carbocycles. The molecule has 0 saturated heterocycles. The fourth-order valence-electron chi connectivity index (χ4n) is 2.38. The summed E-state index contributed by atoms with van der Waals surface area (Å²) < 4.78 is 6.00. The van der Waals surface area contributed by atoms with E-state index in [-0.39, 0.29) is 0 Å². The normalized spacial score (nSPS) is 12.1. The second-order valence-corrected chi connectivity index (χ2v) is 5.27. The van der Waals surface area contributed by atoms with Gasteiger partial charge in [-0.2, -0.15) is 0 Å². The number of pyridine rings is 1. The van der Waals surface area contributed by atoms with Crippen LogP contribution in [0.3, 0.4) is 0 Å². The molecule has 0 bridgehead atoms. The Morgan fingerprint density at radius 1 is 1.19 bits per heavy atom. The molecular formula is C18H24N2O. The van der Waals surface area contributed by atoms with Gasteiger partial charge in [0.2, 0.25) is 0 Å². The zero-order valence-corrected chi connectivity index (χ0v) is 13.1. The molecule has 1 aromatic heterocycles. The third kappa shape index (κ3) is 4.57. The SMILES string of the molecule is CCNC(C)c1cc(C)ccc1OCCc1ccncc1. The van der Waals surface area contributed by atoms with Gasteiger partial charge in [-0.25, -0.2) is 0 Å². The first-order chi connectivity index (χ1) is 10.2. The summed E-state index contributed by atoms with van der Waals surface area (Å²) in [5.74, 6) is 0.975. The Bertz CT molecular complexity index is 554. The van der Waals surface area contributed by atoms with Crippen molar-refractivity contribution in [3.05, 3.63) is 59.4 Å². The molecule has 0 spiro atoms. The van der Waals surface area contributed by atoms with Gasteiger partial charge in [0.1, 0.15) is 5.75 Å². The van der Waals surface area contributed by atoms with Crippen molar-refractivity contribution in [3.63, 3.8) is 0 Å². The minimum Gasteiger partial charge on any atom is -0.493 e. The molecule has 1 atom stereocenters. The Balaban J connectivity index is 2.02. The average Bonchev–Trinajstić information content (AvgIpc) is 2.50. The lowest BCUT2D eigenvalue weighted by molar-refractivity contribution is 0.315. The van der Waals surface area contributed by atoms with Crippen LogP contribution < -0.4 is 10.1 Å². The summed E-state index contributed by atoms with van der Waals surface area (Å²) in [4.78, 5) is 4.03. The lowest BCUT2D eigenvalue weighted by Crippen LogP contribution is -2.19. The first kappa shape index (κ1) is 15.5. The van der Waals surface area contributed by atoms with Gasteiger partial charge in [-0.15, -0.1) is 0 Å². The molecular weight excluding hydrogens is 260 g/mol. The lowest BCUT2D eigenvalue weighted by atomic mass is 10.0. The van der Waals surface area contributed by atoms with E-state index in [9.17, 15) is 0 Å². The molecule has 1 heterocycles. The van der Waals surface area contributed by atoms with Crippen molar-refractivity contribution < 1.29 is 4.74 Å². The van der Waals surface area contributed by atoms with Crippen molar-refractivity contribution in [2.45, 2.75) is 33.2 Å². The topological polar surface area (TPSA) is 34.1 Å². The Morgan fingerprint density at radius 3 is 2.67 bits per heavy atom. The summed E-state index contributed by atoms with van der Waals surface area (Å²) in [7, 11) is 0. The van der Waals surface area contributed by atoms with Crippen LogP contribution in [0.15, 0.2) is 42.7 Å². The zero-order chi connectivity index (χ0) is 15.1. The van der Waals surface area contributed by atoms with Crippen LogP contribution in [0.2, 0.25) is 0 Å². The average molecular weight is 284 g/mol. The molecule has 1 N–H and O–H groups in total. The molecule has 0 aliphatic rings. The van der Waals surface area contributed by atoms with Gasteiger partial charge in [-0.1, -0.05) is 24.6 Å². The summed E-state index contributed by atoms with van der Waals surface area (Å²) >= 11 is 0. The number of aromatic nitrogens is 1. The van der Waals surface area contributed by atoms with Crippen LogP contribution >= 0.6 is 0 Å². The predicted molar refractivity (Wildman–Crippen MR) is 86.7 cm³/mol. The number of hydrogen-bond acceptors (Lipinski definition) is 3. The first-order valence-corrected chi connectivity index (χ1v) is 7.56. The van der Waals surface area contributed by atoms with Crippen LogP contribution in [0, 0.1) is 6.92 Å². The molecule has 112 valence electrons. The first-order valence-electron chi connectivity index (χ1n) is 7.56. The van der Waals surface area contributed by atoms with E-state index in [4.69, 9.17) is 4.74 Å². The van der Waals surface area contributed by atoms with Crippen LogP contribution in [-0.4, -0.2) is 18.1 Å². The summed E-state index contributed by atoms with van der Waals surface area (Å²) in [6.45, 7) is 8.04. The van der Waals surface area contributed by atoms with E-state index in [0.29, 0.717) is 12.6 Å². The van der Waals surface area contributed by atoms with Gasteiger partial charge in [0.15, 0.2) is 0 Å². The van der Waals surface area contributed by atoms with Gasteiger partial charge in [0, 0.05) is 30.4 Å². The molecule has 2 aromatic rings. The summed E-state index contributed by atoms with van der Waals surface area (Å²) in [6, 6.07) is 10.7. The summed E-state index contributed by atoms with van der Waals surface area (Å²) in [5.41, 5.74) is 3.74. The van der Waals surface area contributed by atoms with Crippen molar-refractivity contribution in [1.82, 2.24) is 10.3 Å². The zero-order valence-electron chi connectivity index (χ0n) is 13.1. The van der Waals surface area contributed by atoms with Crippen molar-refractivity contribution in [2.75, 3.05) is 13.2 Å². The quantitative estimate of drug-likeness (QED) is 0.842. The molecule has 2 rings (SSSR count). The highest BCUT2D eigenvalue weighted by molar-refractivity contribution is 5.39. The van der Waals surface area contributed by atoms with Crippen LogP contribution in [0.5, 0.6) is 5.75 Å². The maximum absolute atomic E-state index is 6.00. The van der Waals surface area contributed by atoms with E-state index in [2.05, 4.69) is 49.3 Å². The van der Waals surface area contributed by atoms with Gasteiger partial charge < -0.3 is 10.1 Å². The summed E-state index contributed by atoms with van der Waals surface area (Å²) in [5, 5.41) is 3.45. The van der Waals surface area contributed by atoms with E-state index in [1.807, 2.05) is 24.5 Å². The maximum Gasteiger partial charge on any atom is 0.124 e. The molecule has 0 fully saturated rings. The smallest absolute Gasteiger partial charge is 0.124 e. The van der Waals surface area contributed by atoms with Crippen molar-refractivity contribution in [1.29, 1.82) is 0 Å². The Hall–Kier alpha value is -1.87. The molecule has 3 nitrogen and oxygen atoms in total. The van der Waals surface area contributed by atoms with Crippen molar-refractivity contribution in [3.8, 4) is 5.75 Å². The van der Waals surface area contributed by atoms with E-state index in [1.165, 1.54) is 16.7 Å². The van der Waals surface area contributed by atoms with Crippen LogP contribution in [0.4, 0.5) is 0 Å². The number of aryl methyl sites for hydroxylation is 1. The number of nitrogens with zero attached hydrogens (tertiary/aromatic N) is 1. The van der Waals surface area contributed by atoms with Crippen LogP contribution in [0.1, 0.15) is 36.6 Å². The standard InChI is InChI=1S/C18H24N2O/c1-4-20-15(3)17-13-14(2)5-6-18(17)21-12-9-16-7-10-19-11-8-16/h5-8,10-11,13,15,20H,4,9,12H2,1-3H3. The fraction of sp³-hybridized carbons (Fsp3) is 0.389. The number of rotatable bonds is 7. The van der Waals surface area contributed by atoms with E-state index >= 15 is 0 Å². The van der Waals surface area contributed by atoms with E-state index in [1.54, 1.807) is 0 Å². The van der Waals surface area contributed by atoms with Crippen LogP contribution in [-0.2, 0) is 6.42 Å². The molecule has 0 amide bonds.